The molecule has 0 saturated heterocycles. The zero-order valence-electron chi connectivity index (χ0n) is 16.6. The van der Waals surface area contributed by atoms with Gasteiger partial charge in [0.2, 0.25) is 11.8 Å². The first-order valence-electron chi connectivity index (χ1n) is 9.29. The maximum absolute atomic E-state index is 11.5. The Morgan fingerprint density at radius 3 is 1.71 bits per heavy atom. The number of amides is 2. The Morgan fingerprint density at radius 1 is 0.833 bits per heavy atom. The van der Waals surface area contributed by atoms with Gasteiger partial charge in [0, 0.05) is 26.4 Å². The maximum atomic E-state index is 11.5. The lowest BCUT2D eigenvalue weighted by Crippen LogP contribution is -2.44. The molecule has 0 aromatic carbocycles. The Kier molecular flexibility index (Phi) is 11.5. The van der Waals surface area contributed by atoms with E-state index < -0.39 is 16.6 Å². The van der Waals surface area contributed by atoms with Gasteiger partial charge in [-0.2, -0.15) is 0 Å². The van der Waals surface area contributed by atoms with E-state index in [2.05, 4.69) is 36.8 Å². The Balaban J connectivity index is 4.03. The van der Waals surface area contributed by atoms with Crippen molar-refractivity contribution in [3.05, 3.63) is 0 Å². The monoisotopic (exact) mass is 374 g/mol. The molecule has 0 spiro atoms. The van der Waals surface area contributed by atoms with E-state index in [1.54, 1.807) is 7.05 Å². The van der Waals surface area contributed by atoms with Crippen LogP contribution in [0.5, 0.6) is 0 Å². The first-order chi connectivity index (χ1) is 11.1. The average Bonchev–Trinajstić information content (AvgIpc) is 2.47. The minimum absolute atomic E-state index is 0.122. The van der Waals surface area contributed by atoms with E-state index in [-0.39, 0.29) is 11.8 Å². The molecular formula is C17H38N2O3Si2. The molecule has 0 bridgehead atoms. The van der Waals surface area contributed by atoms with Gasteiger partial charge in [-0.3, -0.25) is 9.59 Å². The molecule has 0 aliphatic rings. The summed E-state index contributed by atoms with van der Waals surface area (Å²) in [4.78, 5) is 22.7. The fourth-order valence-corrected chi connectivity index (χ4v) is 11.9. The van der Waals surface area contributed by atoms with Gasteiger partial charge in [-0.1, -0.05) is 12.8 Å². The van der Waals surface area contributed by atoms with Crippen LogP contribution in [-0.2, 0) is 13.7 Å². The quantitative estimate of drug-likeness (QED) is 0.382. The summed E-state index contributed by atoms with van der Waals surface area (Å²) in [6, 6.07) is 2.22. The van der Waals surface area contributed by atoms with Crippen LogP contribution in [0, 0.1) is 0 Å². The normalized spacial score (nSPS) is 12.1. The van der Waals surface area contributed by atoms with Gasteiger partial charge in [-0.05, 0) is 58.0 Å². The van der Waals surface area contributed by atoms with Crippen LogP contribution in [0.25, 0.3) is 0 Å². The Labute approximate surface area is 150 Å². The van der Waals surface area contributed by atoms with Crippen LogP contribution < -0.4 is 10.6 Å². The lowest BCUT2D eigenvalue weighted by atomic mass is 10.2. The third-order valence-electron chi connectivity index (χ3n) is 4.07. The Bertz CT molecular complexity index is 388. The number of carbonyl (C=O) groups is 2. The topological polar surface area (TPSA) is 67.4 Å². The summed E-state index contributed by atoms with van der Waals surface area (Å²) in [5, 5.41) is 5.51. The highest BCUT2D eigenvalue weighted by atomic mass is 28.4. The van der Waals surface area contributed by atoms with E-state index in [4.69, 9.17) is 4.12 Å². The van der Waals surface area contributed by atoms with Crippen LogP contribution in [0.2, 0.25) is 38.3 Å². The average molecular weight is 375 g/mol. The van der Waals surface area contributed by atoms with Crippen molar-refractivity contribution in [2.75, 3.05) is 13.6 Å². The zero-order chi connectivity index (χ0) is 18.6. The van der Waals surface area contributed by atoms with Crippen molar-refractivity contribution in [3.8, 4) is 0 Å². The third kappa shape index (κ3) is 12.7. The molecule has 2 amide bonds. The van der Waals surface area contributed by atoms with Crippen LogP contribution in [0.3, 0.4) is 0 Å². The highest BCUT2D eigenvalue weighted by molar-refractivity contribution is 6.84. The molecule has 0 unspecified atom stereocenters. The Hall–Kier alpha value is -0.666. The standard InChI is InChI=1S/C17H38N2O3Si2/c1-7-19-17(21)13-9-11-15-24(5,6)22-23(3,4)14-10-8-12-16(20)18-2/h7-15H2,1-6H3,(H,18,20)(H,19,21). The first kappa shape index (κ1) is 23.3. The van der Waals surface area contributed by atoms with Crippen LogP contribution >= 0.6 is 0 Å². The van der Waals surface area contributed by atoms with E-state index in [1.165, 1.54) is 0 Å². The molecule has 24 heavy (non-hydrogen) atoms. The predicted octanol–water partition coefficient (Wildman–Crippen LogP) is 3.64. The molecule has 0 rings (SSSR count). The molecule has 0 fully saturated rings. The van der Waals surface area contributed by atoms with Gasteiger partial charge in [0.05, 0.1) is 0 Å². The van der Waals surface area contributed by atoms with Gasteiger partial charge >= 0.3 is 0 Å². The number of rotatable bonds is 13. The highest BCUT2D eigenvalue weighted by Gasteiger charge is 2.32. The predicted molar refractivity (Wildman–Crippen MR) is 106 cm³/mol. The summed E-state index contributed by atoms with van der Waals surface area (Å²) in [5.41, 5.74) is 0. The molecule has 2 N–H and O–H groups in total. The van der Waals surface area contributed by atoms with Crippen LogP contribution in [0.15, 0.2) is 0 Å². The minimum atomic E-state index is -1.67. The van der Waals surface area contributed by atoms with Crippen LogP contribution in [-0.4, -0.2) is 42.0 Å². The molecule has 0 aromatic rings. The van der Waals surface area contributed by atoms with E-state index in [0.29, 0.717) is 19.4 Å². The van der Waals surface area contributed by atoms with Crippen molar-refractivity contribution < 1.29 is 13.7 Å². The summed E-state index contributed by atoms with van der Waals surface area (Å²) in [6.07, 6.45) is 5.25. The van der Waals surface area contributed by atoms with Crippen LogP contribution in [0.1, 0.15) is 45.4 Å². The lowest BCUT2D eigenvalue weighted by molar-refractivity contribution is -0.121. The van der Waals surface area contributed by atoms with Crippen molar-refractivity contribution in [3.63, 3.8) is 0 Å². The molecule has 0 aliphatic heterocycles. The minimum Gasteiger partial charge on any atom is -0.455 e. The second kappa shape index (κ2) is 11.8. The van der Waals surface area contributed by atoms with Gasteiger partial charge in [0.25, 0.3) is 0 Å². The van der Waals surface area contributed by atoms with Crippen molar-refractivity contribution >= 4 is 28.4 Å². The highest BCUT2D eigenvalue weighted by Crippen LogP contribution is 2.25. The van der Waals surface area contributed by atoms with Crippen molar-refractivity contribution in [2.45, 2.75) is 83.7 Å². The summed E-state index contributed by atoms with van der Waals surface area (Å²) in [7, 11) is -1.65. The number of hydrogen-bond acceptors (Lipinski definition) is 3. The summed E-state index contributed by atoms with van der Waals surface area (Å²) in [5.74, 6) is 0.279. The summed E-state index contributed by atoms with van der Waals surface area (Å²) < 4.78 is 6.59. The van der Waals surface area contributed by atoms with Crippen molar-refractivity contribution in [1.29, 1.82) is 0 Å². The molecule has 0 heterocycles. The van der Waals surface area contributed by atoms with Gasteiger partial charge in [0.1, 0.15) is 0 Å². The largest absolute Gasteiger partial charge is 0.455 e. The number of unbranched alkanes of at least 4 members (excludes halogenated alkanes) is 2. The van der Waals surface area contributed by atoms with E-state index in [1.807, 2.05) is 6.92 Å². The molecule has 0 aliphatic carbocycles. The van der Waals surface area contributed by atoms with Gasteiger partial charge < -0.3 is 14.7 Å². The molecule has 0 aromatic heterocycles. The molecule has 0 radical (unpaired) electrons. The molecule has 0 saturated carbocycles. The fourth-order valence-electron chi connectivity index (χ4n) is 2.93. The molecule has 5 nitrogen and oxygen atoms in total. The number of carbonyl (C=O) groups excluding carboxylic acids is 2. The van der Waals surface area contributed by atoms with Gasteiger partial charge in [0.15, 0.2) is 16.6 Å². The smallest absolute Gasteiger partial charge is 0.219 e. The van der Waals surface area contributed by atoms with E-state index >= 15 is 0 Å². The summed E-state index contributed by atoms with van der Waals surface area (Å²) >= 11 is 0. The summed E-state index contributed by atoms with van der Waals surface area (Å²) in [6.45, 7) is 11.8. The van der Waals surface area contributed by atoms with Gasteiger partial charge in [-0.15, -0.1) is 0 Å². The van der Waals surface area contributed by atoms with Crippen molar-refractivity contribution in [1.82, 2.24) is 10.6 Å². The van der Waals surface area contributed by atoms with Gasteiger partial charge in [-0.25, -0.2) is 0 Å². The van der Waals surface area contributed by atoms with E-state index in [0.717, 1.165) is 37.8 Å². The third-order valence-corrected chi connectivity index (χ3v) is 11.6. The second-order valence-electron chi connectivity index (χ2n) is 7.66. The number of hydrogen-bond donors (Lipinski definition) is 2. The lowest BCUT2D eigenvalue weighted by Gasteiger charge is -2.34. The fraction of sp³-hybridized carbons (Fsp3) is 0.882. The SMILES string of the molecule is CCNC(=O)CCCC[Si](C)(C)O[Si](C)(C)CCCCC(=O)NC. The maximum Gasteiger partial charge on any atom is 0.219 e. The first-order valence-corrected chi connectivity index (χ1v) is 15.5. The number of nitrogens with one attached hydrogen (secondary N) is 2. The van der Waals surface area contributed by atoms with Crippen LogP contribution in [0.4, 0.5) is 0 Å². The molecule has 7 heteroatoms. The zero-order valence-corrected chi connectivity index (χ0v) is 18.6. The van der Waals surface area contributed by atoms with Crippen molar-refractivity contribution in [2.24, 2.45) is 0 Å². The molecule has 142 valence electrons. The second-order valence-corrected chi connectivity index (χ2v) is 16.5. The Morgan fingerprint density at radius 2 is 1.29 bits per heavy atom. The van der Waals surface area contributed by atoms with E-state index in [9.17, 15) is 9.59 Å². The molecule has 0 atom stereocenters. The molecular weight excluding hydrogens is 336 g/mol.